The Hall–Kier alpha value is -2.30. The topological polar surface area (TPSA) is 61.7 Å². The third kappa shape index (κ3) is 1.73. The zero-order valence-electron chi connectivity index (χ0n) is 10.2. The molecule has 0 unspecified atom stereocenters. The molecule has 0 amide bonds. The Morgan fingerprint density at radius 1 is 1.28 bits per heavy atom. The first-order chi connectivity index (χ1) is 8.75. The fourth-order valence-electron chi connectivity index (χ4n) is 2.17. The average Bonchev–Trinajstić information content (AvgIpc) is 2.95. The Balaban J connectivity index is 1.96. The monoisotopic (exact) mass is 241 g/mol. The Kier molecular flexibility index (Phi) is 2.51. The number of fused-ring (bicyclic) bond motifs is 1. The number of nitrogens with zero attached hydrogens (tertiary/aromatic N) is 4. The van der Waals surface area contributed by atoms with Gasteiger partial charge in [0.05, 0.1) is 17.4 Å². The van der Waals surface area contributed by atoms with E-state index in [1.54, 1.807) is 12.5 Å². The molecular formula is C13H15N5. The second kappa shape index (κ2) is 4.18. The second-order valence-electron chi connectivity index (χ2n) is 4.36. The van der Waals surface area contributed by atoms with Crippen LogP contribution in [0.25, 0.3) is 11.0 Å². The summed E-state index contributed by atoms with van der Waals surface area (Å²) in [7, 11) is 0. The third-order valence-electron chi connectivity index (χ3n) is 3.15. The molecule has 0 radical (unpaired) electrons. The van der Waals surface area contributed by atoms with Crippen LogP contribution < -0.4 is 5.73 Å². The SMILES string of the molecule is Cc1cccc2c1nc(N)n2CCn1ccnc1. The van der Waals surface area contributed by atoms with Crippen LogP contribution in [0.15, 0.2) is 36.9 Å². The summed E-state index contributed by atoms with van der Waals surface area (Å²) in [6.45, 7) is 3.68. The minimum atomic E-state index is 0.569. The average molecular weight is 241 g/mol. The van der Waals surface area contributed by atoms with E-state index in [0.29, 0.717) is 5.95 Å². The molecule has 0 spiro atoms. The van der Waals surface area contributed by atoms with Crippen LogP contribution in [0, 0.1) is 6.92 Å². The summed E-state index contributed by atoms with van der Waals surface area (Å²) in [5.74, 6) is 0.569. The Morgan fingerprint density at radius 2 is 2.17 bits per heavy atom. The molecule has 0 fully saturated rings. The molecule has 0 bridgehead atoms. The van der Waals surface area contributed by atoms with Crippen molar-refractivity contribution in [2.45, 2.75) is 20.0 Å². The second-order valence-corrected chi connectivity index (χ2v) is 4.36. The van der Waals surface area contributed by atoms with Gasteiger partial charge in [-0.25, -0.2) is 9.97 Å². The summed E-state index contributed by atoms with van der Waals surface area (Å²) >= 11 is 0. The van der Waals surface area contributed by atoms with E-state index in [2.05, 4.69) is 29.0 Å². The van der Waals surface area contributed by atoms with Gasteiger partial charge in [-0.3, -0.25) is 0 Å². The lowest BCUT2D eigenvalue weighted by molar-refractivity contribution is 0.594. The number of hydrogen-bond acceptors (Lipinski definition) is 3. The maximum Gasteiger partial charge on any atom is 0.201 e. The smallest absolute Gasteiger partial charge is 0.201 e. The van der Waals surface area contributed by atoms with Crippen LogP contribution in [0.2, 0.25) is 0 Å². The number of para-hydroxylation sites is 1. The molecule has 0 aliphatic rings. The van der Waals surface area contributed by atoms with Crippen LogP contribution in [-0.4, -0.2) is 19.1 Å². The Labute approximate surface area is 105 Å². The molecular weight excluding hydrogens is 226 g/mol. The van der Waals surface area contributed by atoms with Crippen molar-refractivity contribution in [3.05, 3.63) is 42.5 Å². The molecule has 2 aromatic heterocycles. The van der Waals surface area contributed by atoms with Crippen LogP contribution in [0.1, 0.15) is 5.56 Å². The molecule has 5 heteroatoms. The molecule has 5 nitrogen and oxygen atoms in total. The van der Waals surface area contributed by atoms with Gasteiger partial charge in [-0.1, -0.05) is 12.1 Å². The number of imidazole rings is 2. The number of aryl methyl sites for hydroxylation is 3. The zero-order chi connectivity index (χ0) is 12.5. The van der Waals surface area contributed by atoms with Crippen molar-refractivity contribution in [2.24, 2.45) is 0 Å². The highest BCUT2D eigenvalue weighted by Gasteiger charge is 2.09. The van der Waals surface area contributed by atoms with E-state index >= 15 is 0 Å². The van der Waals surface area contributed by atoms with E-state index in [9.17, 15) is 0 Å². The van der Waals surface area contributed by atoms with Gasteiger partial charge in [0.15, 0.2) is 0 Å². The van der Waals surface area contributed by atoms with Gasteiger partial charge < -0.3 is 14.9 Å². The van der Waals surface area contributed by atoms with Gasteiger partial charge in [-0.05, 0) is 18.6 Å². The summed E-state index contributed by atoms with van der Waals surface area (Å²) < 4.78 is 4.07. The molecule has 92 valence electrons. The number of hydrogen-bond donors (Lipinski definition) is 1. The van der Waals surface area contributed by atoms with E-state index in [0.717, 1.165) is 29.7 Å². The van der Waals surface area contributed by atoms with Crippen LogP contribution >= 0.6 is 0 Å². The molecule has 0 aliphatic heterocycles. The molecule has 3 rings (SSSR count). The van der Waals surface area contributed by atoms with E-state index < -0.39 is 0 Å². The van der Waals surface area contributed by atoms with Crippen molar-refractivity contribution in [3.8, 4) is 0 Å². The first kappa shape index (κ1) is 10.8. The van der Waals surface area contributed by atoms with E-state index in [1.165, 1.54) is 0 Å². The number of nitrogen functional groups attached to an aromatic ring is 1. The van der Waals surface area contributed by atoms with E-state index in [-0.39, 0.29) is 0 Å². The first-order valence-electron chi connectivity index (χ1n) is 5.93. The summed E-state index contributed by atoms with van der Waals surface area (Å²) in [4.78, 5) is 8.46. The summed E-state index contributed by atoms with van der Waals surface area (Å²) in [6, 6.07) is 6.14. The van der Waals surface area contributed by atoms with E-state index in [1.807, 2.05) is 21.4 Å². The maximum atomic E-state index is 5.99. The zero-order valence-corrected chi connectivity index (χ0v) is 10.2. The molecule has 3 aromatic rings. The van der Waals surface area contributed by atoms with Crippen molar-refractivity contribution >= 4 is 17.0 Å². The van der Waals surface area contributed by atoms with Crippen molar-refractivity contribution in [3.63, 3.8) is 0 Å². The van der Waals surface area contributed by atoms with Crippen LogP contribution in [0.5, 0.6) is 0 Å². The highest BCUT2D eigenvalue weighted by Crippen LogP contribution is 2.20. The Morgan fingerprint density at radius 3 is 2.94 bits per heavy atom. The van der Waals surface area contributed by atoms with Crippen LogP contribution in [0.4, 0.5) is 5.95 Å². The minimum Gasteiger partial charge on any atom is -0.369 e. The molecule has 0 atom stereocenters. The highest BCUT2D eigenvalue weighted by atomic mass is 15.2. The lowest BCUT2D eigenvalue weighted by Gasteiger charge is -2.07. The van der Waals surface area contributed by atoms with Crippen molar-refractivity contribution in [1.82, 2.24) is 19.1 Å². The molecule has 0 saturated heterocycles. The fourth-order valence-corrected chi connectivity index (χ4v) is 2.17. The predicted octanol–water partition coefficient (Wildman–Crippen LogP) is 1.82. The lowest BCUT2D eigenvalue weighted by atomic mass is 10.2. The van der Waals surface area contributed by atoms with Gasteiger partial charge in [0.1, 0.15) is 0 Å². The highest BCUT2D eigenvalue weighted by molar-refractivity contribution is 5.81. The summed E-state index contributed by atoms with van der Waals surface area (Å²) in [6.07, 6.45) is 5.53. The van der Waals surface area contributed by atoms with Gasteiger partial charge in [0.25, 0.3) is 0 Å². The number of aromatic nitrogens is 4. The first-order valence-corrected chi connectivity index (χ1v) is 5.93. The number of nitrogens with two attached hydrogens (primary N) is 1. The normalized spacial score (nSPS) is 11.2. The van der Waals surface area contributed by atoms with Crippen LogP contribution in [-0.2, 0) is 13.1 Å². The lowest BCUT2D eigenvalue weighted by Crippen LogP contribution is -2.08. The van der Waals surface area contributed by atoms with Gasteiger partial charge in [-0.15, -0.1) is 0 Å². The molecule has 18 heavy (non-hydrogen) atoms. The van der Waals surface area contributed by atoms with Crippen molar-refractivity contribution in [2.75, 3.05) is 5.73 Å². The standard InChI is InChI=1S/C13H15N5/c1-10-3-2-4-11-12(10)16-13(14)18(11)8-7-17-6-5-15-9-17/h2-6,9H,7-8H2,1H3,(H2,14,16). The van der Waals surface area contributed by atoms with Crippen LogP contribution in [0.3, 0.4) is 0 Å². The quantitative estimate of drug-likeness (QED) is 0.761. The summed E-state index contributed by atoms with van der Waals surface area (Å²) in [5, 5.41) is 0. The Bertz CT molecular complexity index is 666. The number of rotatable bonds is 3. The largest absolute Gasteiger partial charge is 0.369 e. The molecule has 2 N–H and O–H groups in total. The molecule has 0 aliphatic carbocycles. The third-order valence-corrected chi connectivity index (χ3v) is 3.15. The summed E-state index contributed by atoms with van der Waals surface area (Å²) in [5.41, 5.74) is 9.22. The van der Waals surface area contributed by atoms with Gasteiger partial charge in [-0.2, -0.15) is 0 Å². The maximum absolute atomic E-state index is 5.99. The van der Waals surface area contributed by atoms with Crippen molar-refractivity contribution < 1.29 is 0 Å². The van der Waals surface area contributed by atoms with Gasteiger partial charge >= 0.3 is 0 Å². The molecule has 2 heterocycles. The number of anilines is 1. The molecule has 0 saturated carbocycles. The predicted molar refractivity (Wildman–Crippen MR) is 71.1 cm³/mol. The van der Waals surface area contributed by atoms with Gasteiger partial charge in [0, 0.05) is 25.5 Å². The van der Waals surface area contributed by atoms with Gasteiger partial charge in [0.2, 0.25) is 5.95 Å². The fraction of sp³-hybridized carbons (Fsp3) is 0.231. The number of benzene rings is 1. The van der Waals surface area contributed by atoms with Crippen molar-refractivity contribution in [1.29, 1.82) is 0 Å². The molecule has 1 aromatic carbocycles. The minimum absolute atomic E-state index is 0.569. The van der Waals surface area contributed by atoms with E-state index in [4.69, 9.17) is 5.73 Å².